The van der Waals surface area contributed by atoms with Crippen molar-refractivity contribution in [3.8, 4) is 5.75 Å². The second kappa shape index (κ2) is 6.41. The molecule has 0 radical (unpaired) electrons. The van der Waals surface area contributed by atoms with Crippen LogP contribution >= 0.6 is 0 Å². The molecular formula is C13H14N6O4. The molecule has 0 saturated carbocycles. The topological polar surface area (TPSA) is 130 Å². The standard InChI is InChI=1S/C13H14N6O4/c14-18-15-5-1-2-8-6-19(13(21)23-8)10-4-3-9-12(16-10)17-11(20)7-22-9/h3-4,8H,1-2,5-7H2,(H,16,17,20)/t8-/m0/s1. The minimum atomic E-state index is -0.491. The van der Waals surface area contributed by atoms with Gasteiger partial charge in [-0.1, -0.05) is 5.11 Å². The summed E-state index contributed by atoms with van der Waals surface area (Å²) in [7, 11) is 0. The fraction of sp³-hybridized carbons (Fsp3) is 0.462. The number of hydrogen-bond acceptors (Lipinski definition) is 6. The first-order valence-corrected chi connectivity index (χ1v) is 7.10. The minimum absolute atomic E-state index is 0.0486. The van der Waals surface area contributed by atoms with Crippen molar-refractivity contribution >= 4 is 23.6 Å². The van der Waals surface area contributed by atoms with E-state index in [-0.39, 0.29) is 18.6 Å². The third-order valence-corrected chi connectivity index (χ3v) is 3.46. The van der Waals surface area contributed by atoms with Crippen molar-refractivity contribution < 1.29 is 19.1 Å². The molecule has 1 aromatic heterocycles. The number of azide groups is 1. The third-order valence-electron chi connectivity index (χ3n) is 3.46. The predicted molar refractivity (Wildman–Crippen MR) is 79.2 cm³/mol. The van der Waals surface area contributed by atoms with Crippen LogP contribution in [0.3, 0.4) is 0 Å². The van der Waals surface area contributed by atoms with Crippen molar-refractivity contribution in [3.05, 3.63) is 22.6 Å². The van der Waals surface area contributed by atoms with Crippen molar-refractivity contribution in [2.24, 2.45) is 5.11 Å². The van der Waals surface area contributed by atoms with Crippen LogP contribution in [0.5, 0.6) is 5.75 Å². The van der Waals surface area contributed by atoms with Crippen molar-refractivity contribution in [2.75, 3.05) is 29.9 Å². The number of carbonyl (C=O) groups excluding carboxylic acids is 2. The molecule has 10 heteroatoms. The van der Waals surface area contributed by atoms with Gasteiger partial charge < -0.3 is 14.8 Å². The lowest BCUT2D eigenvalue weighted by Gasteiger charge is -2.19. The number of aromatic nitrogens is 1. The molecule has 23 heavy (non-hydrogen) atoms. The van der Waals surface area contributed by atoms with Gasteiger partial charge in [0.2, 0.25) is 0 Å². The lowest BCUT2D eigenvalue weighted by atomic mass is 10.2. The zero-order valence-corrected chi connectivity index (χ0v) is 12.1. The van der Waals surface area contributed by atoms with Gasteiger partial charge >= 0.3 is 6.09 Å². The van der Waals surface area contributed by atoms with Crippen molar-refractivity contribution in [1.82, 2.24) is 4.98 Å². The van der Waals surface area contributed by atoms with Crippen LogP contribution in [0.15, 0.2) is 17.2 Å². The van der Waals surface area contributed by atoms with Crippen LogP contribution < -0.4 is 15.0 Å². The van der Waals surface area contributed by atoms with Crippen molar-refractivity contribution in [3.63, 3.8) is 0 Å². The quantitative estimate of drug-likeness (QED) is 0.383. The molecule has 1 N–H and O–H groups in total. The third kappa shape index (κ3) is 3.27. The summed E-state index contributed by atoms with van der Waals surface area (Å²) in [6, 6.07) is 3.29. The largest absolute Gasteiger partial charge is 0.480 e. The number of amides is 2. The van der Waals surface area contributed by atoms with Gasteiger partial charge in [0, 0.05) is 11.5 Å². The second-order valence-electron chi connectivity index (χ2n) is 5.07. The van der Waals surface area contributed by atoms with E-state index < -0.39 is 6.09 Å². The van der Waals surface area contributed by atoms with Gasteiger partial charge in [-0.25, -0.2) is 9.78 Å². The van der Waals surface area contributed by atoms with Gasteiger partial charge in [-0.3, -0.25) is 9.69 Å². The smallest absolute Gasteiger partial charge is 0.415 e. The van der Waals surface area contributed by atoms with Gasteiger partial charge in [0.25, 0.3) is 5.91 Å². The summed E-state index contributed by atoms with van der Waals surface area (Å²) in [5.41, 5.74) is 8.22. The molecule has 2 amide bonds. The first-order chi connectivity index (χ1) is 11.2. The summed E-state index contributed by atoms with van der Waals surface area (Å²) < 4.78 is 10.5. The number of fused-ring (bicyclic) bond motifs is 1. The van der Waals surface area contributed by atoms with Crippen LogP contribution in [0.4, 0.5) is 16.4 Å². The number of hydrogen-bond donors (Lipinski definition) is 1. The summed E-state index contributed by atoms with van der Waals surface area (Å²) in [4.78, 5) is 31.6. The molecular weight excluding hydrogens is 304 g/mol. The highest BCUT2D eigenvalue weighted by molar-refractivity contribution is 5.95. The van der Waals surface area contributed by atoms with Gasteiger partial charge in [-0.05, 0) is 30.5 Å². The molecule has 120 valence electrons. The van der Waals surface area contributed by atoms with E-state index in [1.165, 1.54) is 4.90 Å². The number of nitrogens with one attached hydrogen (secondary N) is 1. The van der Waals surface area contributed by atoms with E-state index in [9.17, 15) is 9.59 Å². The average Bonchev–Trinajstić information content (AvgIpc) is 2.91. The maximum atomic E-state index is 12.0. The van der Waals surface area contributed by atoms with Crippen LogP contribution in [0, 0.1) is 0 Å². The number of carbonyl (C=O) groups is 2. The number of rotatable bonds is 5. The second-order valence-corrected chi connectivity index (χ2v) is 5.07. The lowest BCUT2D eigenvalue weighted by molar-refractivity contribution is -0.118. The Hall–Kier alpha value is -3.00. The van der Waals surface area contributed by atoms with Gasteiger partial charge in [0.15, 0.2) is 18.2 Å². The lowest BCUT2D eigenvalue weighted by Crippen LogP contribution is -2.29. The van der Waals surface area contributed by atoms with Crippen LogP contribution in [-0.2, 0) is 9.53 Å². The van der Waals surface area contributed by atoms with E-state index in [1.807, 2.05) is 0 Å². The number of nitrogens with zero attached hydrogens (tertiary/aromatic N) is 5. The summed E-state index contributed by atoms with van der Waals surface area (Å²) in [5, 5.41) is 6.04. The number of pyridine rings is 1. The van der Waals surface area contributed by atoms with Crippen LogP contribution in [0.25, 0.3) is 10.4 Å². The van der Waals surface area contributed by atoms with Gasteiger partial charge in [0.05, 0.1) is 6.54 Å². The molecule has 1 saturated heterocycles. The molecule has 0 spiro atoms. The summed E-state index contributed by atoms with van der Waals surface area (Å²) >= 11 is 0. The first kappa shape index (κ1) is 14.9. The summed E-state index contributed by atoms with van der Waals surface area (Å²) in [6.45, 7) is 0.674. The number of ether oxygens (including phenoxy) is 2. The Balaban J connectivity index is 1.67. The van der Waals surface area contributed by atoms with Crippen molar-refractivity contribution in [1.29, 1.82) is 0 Å². The zero-order valence-electron chi connectivity index (χ0n) is 12.1. The van der Waals surface area contributed by atoms with E-state index in [0.717, 1.165) is 0 Å². The fourth-order valence-electron chi connectivity index (χ4n) is 2.40. The van der Waals surface area contributed by atoms with Gasteiger partial charge in [0.1, 0.15) is 11.9 Å². The average molecular weight is 318 g/mol. The maximum absolute atomic E-state index is 12.0. The Bertz CT molecular complexity index is 687. The molecule has 2 aliphatic heterocycles. The molecule has 10 nitrogen and oxygen atoms in total. The molecule has 1 aromatic rings. The van der Waals surface area contributed by atoms with E-state index >= 15 is 0 Å². The SMILES string of the molecule is [N-]=[N+]=NCCC[C@H]1CN(c2ccc3c(n2)NC(=O)CO3)C(=O)O1. The molecule has 3 rings (SSSR count). The highest BCUT2D eigenvalue weighted by Gasteiger charge is 2.33. The molecule has 0 bridgehead atoms. The Kier molecular flexibility index (Phi) is 4.15. The maximum Gasteiger partial charge on any atom is 0.415 e. The molecule has 0 unspecified atom stereocenters. The molecule has 0 aromatic carbocycles. The molecule has 1 fully saturated rings. The van der Waals surface area contributed by atoms with Crippen molar-refractivity contribution in [2.45, 2.75) is 18.9 Å². The molecule has 2 aliphatic rings. The Morgan fingerprint density at radius 1 is 1.48 bits per heavy atom. The fourth-order valence-corrected chi connectivity index (χ4v) is 2.40. The molecule has 1 atom stereocenters. The van der Waals surface area contributed by atoms with Crippen LogP contribution in [0.2, 0.25) is 0 Å². The van der Waals surface area contributed by atoms with Crippen LogP contribution in [0.1, 0.15) is 12.8 Å². The first-order valence-electron chi connectivity index (χ1n) is 7.10. The van der Waals surface area contributed by atoms with Crippen LogP contribution in [-0.4, -0.2) is 42.8 Å². The molecule has 0 aliphatic carbocycles. The predicted octanol–water partition coefficient (Wildman–Crippen LogP) is 1.83. The van der Waals surface area contributed by atoms with E-state index in [4.69, 9.17) is 15.0 Å². The summed E-state index contributed by atoms with van der Waals surface area (Å²) in [6.07, 6.45) is 0.470. The highest BCUT2D eigenvalue weighted by atomic mass is 16.6. The Morgan fingerprint density at radius 3 is 3.17 bits per heavy atom. The van der Waals surface area contributed by atoms with E-state index in [0.29, 0.717) is 43.3 Å². The van der Waals surface area contributed by atoms with Gasteiger partial charge in [-0.2, -0.15) is 0 Å². The number of anilines is 2. The summed E-state index contributed by atoms with van der Waals surface area (Å²) in [5.74, 6) is 0.851. The monoisotopic (exact) mass is 318 g/mol. The number of cyclic esters (lactones) is 1. The normalized spacial score (nSPS) is 19.3. The Morgan fingerprint density at radius 2 is 2.35 bits per heavy atom. The Labute approximate surface area is 131 Å². The highest BCUT2D eigenvalue weighted by Crippen LogP contribution is 2.30. The van der Waals surface area contributed by atoms with E-state index in [2.05, 4.69) is 20.3 Å². The molecule has 3 heterocycles. The van der Waals surface area contributed by atoms with E-state index in [1.54, 1.807) is 12.1 Å². The zero-order chi connectivity index (χ0) is 16.2. The minimum Gasteiger partial charge on any atom is -0.480 e. The van der Waals surface area contributed by atoms with Gasteiger partial charge in [-0.15, -0.1) is 0 Å².